The van der Waals surface area contributed by atoms with Gasteiger partial charge >= 0.3 is 6.03 Å². The highest BCUT2D eigenvalue weighted by atomic mass is 35.5. The number of carbonyl (C=O) groups is 2. The number of piperidine rings is 1. The third kappa shape index (κ3) is 5.99. The molecule has 0 aromatic heterocycles. The molecule has 1 saturated heterocycles. The van der Waals surface area contributed by atoms with Crippen LogP contribution in [0, 0.1) is 19.3 Å². The van der Waals surface area contributed by atoms with Crippen LogP contribution in [-0.2, 0) is 4.79 Å². The second-order valence-electron chi connectivity index (χ2n) is 7.40. The molecular weight excluding hydrogens is 340 g/mol. The standard InChI is InChI=1S/C18H28N4O2.ClH/c1-12-5-6-14(9-13(12)2)20-17(24)21-16(23)10-22-8-7-15(19)18(3,4)11-22;/h5-6,9,15H,7-8,10-11,19H2,1-4H3,(H2,20,21,23,24);1H. The zero-order valence-corrected chi connectivity index (χ0v) is 16.2. The van der Waals surface area contributed by atoms with Crippen LogP contribution >= 0.6 is 12.4 Å². The summed E-state index contributed by atoms with van der Waals surface area (Å²) in [5, 5.41) is 5.08. The molecule has 0 aliphatic carbocycles. The highest BCUT2D eigenvalue weighted by Gasteiger charge is 2.34. The summed E-state index contributed by atoms with van der Waals surface area (Å²) in [6.07, 6.45) is 0.856. The minimum Gasteiger partial charge on any atom is -0.327 e. The van der Waals surface area contributed by atoms with Crippen molar-refractivity contribution >= 4 is 30.0 Å². The second kappa shape index (κ2) is 8.65. The van der Waals surface area contributed by atoms with E-state index in [0.717, 1.165) is 30.6 Å². The number of nitrogens with two attached hydrogens (primary N) is 1. The van der Waals surface area contributed by atoms with E-state index < -0.39 is 6.03 Å². The molecule has 2 rings (SSSR count). The largest absolute Gasteiger partial charge is 0.327 e. The highest BCUT2D eigenvalue weighted by molar-refractivity contribution is 6.01. The Morgan fingerprint density at radius 1 is 1.28 bits per heavy atom. The number of benzene rings is 1. The number of carbonyl (C=O) groups excluding carboxylic acids is 2. The first kappa shape index (κ1) is 21.4. The number of rotatable bonds is 3. The van der Waals surface area contributed by atoms with Gasteiger partial charge in [-0.15, -0.1) is 12.4 Å². The van der Waals surface area contributed by atoms with Gasteiger partial charge in [0, 0.05) is 24.8 Å². The minimum absolute atomic E-state index is 0. The zero-order chi connectivity index (χ0) is 17.9. The molecule has 1 atom stereocenters. The molecule has 1 fully saturated rings. The fourth-order valence-corrected chi connectivity index (χ4v) is 2.97. The Morgan fingerprint density at radius 2 is 1.96 bits per heavy atom. The number of amides is 3. The van der Waals surface area contributed by atoms with E-state index in [1.54, 1.807) is 0 Å². The number of urea groups is 1. The van der Waals surface area contributed by atoms with Gasteiger partial charge in [0.25, 0.3) is 0 Å². The third-order valence-corrected chi connectivity index (χ3v) is 4.78. The average molecular weight is 369 g/mol. The molecule has 1 aliphatic heterocycles. The van der Waals surface area contributed by atoms with E-state index in [4.69, 9.17) is 5.73 Å². The van der Waals surface area contributed by atoms with Crippen LogP contribution in [0.3, 0.4) is 0 Å². The number of anilines is 1. The number of hydrogen-bond acceptors (Lipinski definition) is 4. The molecular formula is C18H29ClN4O2. The van der Waals surface area contributed by atoms with Crippen LogP contribution in [0.25, 0.3) is 0 Å². The van der Waals surface area contributed by atoms with Gasteiger partial charge in [-0.25, -0.2) is 4.79 Å². The Kier molecular flexibility index (Phi) is 7.41. The summed E-state index contributed by atoms with van der Waals surface area (Å²) in [4.78, 5) is 26.1. The Morgan fingerprint density at radius 3 is 2.56 bits per heavy atom. The van der Waals surface area contributed by atoms with Crippen molar-refractivity contribution in [3.8, 4) is 0 Å². The molecule has 25 heavy (non-hydrogen) atoms. The summed E-state index contributed by atoms with van der Waals surface area (Å²) in [6, 6.07) is 5.28. The lowest BCUT2D eigenvalue weighted by Gasteiger charge is -2.42. The van der Waals surface area contributed by atoms with Gasteiger partial charge in [0.2, 0.25) is 5.91 Å². The Bertz CT molecular complexity index is 634. The zero-order valence-electron chi connectivity index (χ0n) is 15.4. The first-order valence-corrected chi connectivity index (χ1v) is 8.33. The SMILES string of the molecule is Cc1ccc(NC(=O)NC(=O)CN2CCC(N)C(C)(C)C2)cc1C.Cl. The second-order valence-corrected chi connectivity index (χ2v) is 7.40. The van der Waals surface area contributed by atoms with Crippen molar-refractivity contribution in [2.75, 3.05) is 25.0 Å². The van der Waals surface area contributed by atoms with Crippen LogP contribution in [0.1, 0.15) is 31.4 Å². The lowest BCUT2D eigenvalue weighted by molar-refractivity contribution is -0.121. The Balaban J connectivity index is 0.00000312. The van der Waals surface area contributed by atoms with Gasteiger partial charge < -0.3 is 11.1 Å². The van der Waals surface area contributed by atoms with Crippen LogP contribution in [0.4, 0.5) is 10.5 Å². The predicted molar refractivity (Wildman–Crippen MR) is 103 cm³/mol. The molecule has 0 saturated carbocycles. The van der Waals surface area contributed by atoms with Crippen LogP contribution < -0.4 is 16.4 Å². The van der Waals surface area contributed by atoms with Crippen molar-refractivity contribution in [3.63, 3.8) is 0 Å². The fourth-order valence-electron chi connectivity index (χ4n) is 2.97. The number of imide groups is 1. The van der Waals surface area contributed by atoms with Crippen LogP contribution in [0.15, 0.2) is 18.2 Å². The van der Waals surface area contributed by atoms with Gasteiger partial charge in [0.05, 0.1) is 6.54 Å². The summed E-state index contributed by atoms with van der Waals surface area (Å²) in [6.45, 7) is 9.93. The van der Waals surface area contributed by atoms with Gasteiger partial charge in [0.1, 0.15) is 0 Å². The summed E-state index contributed by atoms with van der Waals surface area (Å²) >= 11 is 0. The summed E-state index contributed by atoms with van der Waals surface area (Å²) in [5.74, 6) is -0.303. The van der Waals surface area contributed by atoms with Crippen molar-refractivity contribution in [2.45, 2.75) is 40.2 Å². The Labute approximate surface area is 155 Å². The van der Waals surface area contributed by atoms with Gasteiger partial charge in [-0.05, 0) is 48.9 Å². The number of halogens is 1. The molecule has 0 bridgehead atoms. The van der Waals surface area contributed by atoms with Crippen LogP contribution in [0.5, 0.6) is 0 Å². The first-order chi connectivity index (χ1) is 11.2. The minimum atomic E-state index is -0.503. The molecule has 1 unspecified atom stereocenters. The fraction of sp³-hybridized carbons (Fsp3) is 0.556. The molecule has 6 nitrogen and oxygen atoms in total. The molecule has 7 heteroatoms. The van der Waals surface area contributed by atoms with E-state index in [9.17, 15) is 9.59 Å². The Hall–Kier alpha value is -1.63. The van der Waals surface area contributed by atoms with Crippen molar-refractivity contribution in [1.82, 2.24) is 10.2 Å². The number of aryl methyl sites for hydroxylation is 2. The van der Waals surface area contributed by atoms with Gasteiger partial charge in [0.15, 0.2) is 0 Å². The van der Waals surface area contributed by atoms with E-state index in [2.05, 4.69) is 24.5 Å². The van der Waals surface area contributed by atoms with E-state index in [0.29, 0.717) is 5.69 Å². The number of nitrogens with zero attached hydrogens (tertiary/aromatic N) is 1. The van der Waals surface area contributed by atoms with E-state index >= 15 is 0 Å². The lowest BCUT2D eigenvalue weighted by Crippen LogP contribution is -2.54. The van der Waals surface area contributed by atoms with E-state index in [1.165, 1.54) is 0 Å². The van der Waals surface area contributed by atoms with Gasteiger partial charge in [-0.2, -0.15) is 0 Å². The normalized spacial score (nSPS) is 19.6. The maximum absolute atomic E-state index is 12.1. The molecule has 1 aromatic rings. The number of nitrogens with one attached hydrogen (secondary N) is 2. The molecule has 1 aromatic carbocycles. The third-order valence-electron chi connectivity index (χ3n) is 4.78. The van der Waals surface area contributed by atoms with E-state index in [-0.39, 0.29) is 36.3 Å². The predicted octanol–water partition coefficient (Wildman–Crippen LogP) is 2.43. The van der Waals surface area contributed by atoms with Crippen LogP contribution in [0.2, 0.25) is 0 Å². The van der Waals surface area contributed by atoms with Crippen molar-refractivity contribution in [2.24, 2.45) is 11.1 Å². The lowest BCUT2D eigenvalue weighted by atomic mass is 9.80. The molecule has 140 valence electrons. The van der Waals surface area contributed by atoms with Gasteiger partial charge in [-0.1, -0.05) is 19.9 Å². The maximum Gasteiger partial charge on any atom is 0.325 e. The summed E-state index contributed by atoms with van der Waals surface area (Å²) in [5.41, 5.74) is 9.00. The van der Waals surface area contributed by atoms with E-state index in [1.807, 2.05) is 36.9 Å². The number of likely N-dealkylation sites (tertiary alicyclic amines) is 1. The first-order valence-electron chi connectivity index (χ1n) is 8.33. The summed E-state index contributed by atoms with van der Waals surface area (Å²) < 4.78 is 0. The monoisotopic (exact) mass is 368 g/mol. The summed E-state index contributed by atoms with van der Waals surface area (Å²) in [7, 11) is 0. The molecule has 0 spiro atoms. The maximum atomic E-state index is 12.1. The molecule has 1 aliphatic rings. The highest BCUT2D eigenvalue weighted by Crippen LogP contribution is 2.27. The van der Waals surface area contributed by atoms with Gasteiger partial charge in [-0.3, -0.25) is 15.0 Å². The molecule has 1 heterocycles. The topological polar surface area (TPSA) is 87.5 Å². The average Bonchev–Trinajstić information content (AvgIpc) is 2.46. The molecule has 0 radical (unpaired) electrons. The van der Waals surface area contributed by atoms with Crippen molar-refractivity contribution in [1.29, 1.82) is 0 Å². The quantitative estimate of drug-likeness (QED) is 0.764. The smallest absolute Gasteiger partial charge is 0.325 e. The molecule has 3 amide bonds. The van der Waals surface area contributed by atoms with Crippen LogP contribution in [-0.4, -0.2) is 42.5 Å². The number of hydrogen-bond donors (Lipinski definition) is 3. The molecule has 4 N–H and O–H groups in total. The van der Waals surface area contributed by atoms with Crippen molar-refractivity contribution < 1.29 is 9.59 Å². The van der Waals surface area contributed by atoms with Crippen molar-refractivity contribution in [3.05, 3.63) is 29.3 Å².